The van der Waals surface area contributed by atoms with Crippen LogP contribution >= 0.6 is 0 Å². The monoisotopic (exact) mass is 314 g/mol. The van der Waals surface area contributed by atoms with Crippen LogP contribution in [0.15, 0.2) is 18.2 Å². The van der Waals surface area contributed by atoms with Crippen molar-refractivity contribution < 1.29 is 17.9 Å². The first-order chi connectivity index (χ1) is 9.63. The lowest BCUT2D eigenvalue weighted by molar-refractivity contribution is 0.305. The molecule has 0 radical (unpaired) electrons. The van der Waals surface area contributed by atoms with E-state index in [1.54, 1.807) is 20.8 Å². The molecule has 0 bridgehead atoms. The number of aliphatic hydroxyl groups is 1. The maximum Gasteiger partial charge on any atom is 0.299 e. The number of halogens is 1. The molecule has 3 N–H and O–H groups in total. The van der Waals surface area contributed by atoms with E-state index >= 15 is 0 Å². The number of rotatable bonds is 4. The Morgan fingerprint density at radius 2 is 2.00 bits per heavy atom. The number of aliphatic hydroxyl groups excluding tert-OH is 1. The van der Waals surface area contributed by atoms with E-state index in [9.17, 15) is 12.8 Å². The Hall–Kier alpha value is -1.62. The van der Waals surface area contributed by atoms with Gasteiger partial charge in [0.05, 0.1) is 17.9 Å². The molecule has 0 amide bonds. The van der Waals surface area contributed by atoms with E-state index in [0.717, 1.165) is 6.07 Å². The minimum atomic E-state index is -3.78. The van der Waals surface area contributed by atoms with Gasteiger partial charge in [-0.3, -0.25) is 4.72 Å². The zero-order chi connectivity index (χ0) is 16.1. The Kier molecular flexibility index (Phi) is 5.72. The molecule has 116 valence electrons. The van der Waals surface area contributed by atoms with Crippen LogP contribution in [0.2, 0.25) is 0 Å². The maximum atomic E-state index is 13.8. The second kappa shape index (κ2) is 6.89. The highest BCUT2D eigenvalue weighted by molar-refractivity contribution is 7.90. The average Bonchev–Trinajstić information content (AvgIpc) is 2.28. The largest absolute Gasteiger partial charge is 0.395 e. The van der Waals surface area contributed by atoms with E-state index in [1.807, 2.05) is 0 Å². The summed E-state index contributed by atoms with van der Waals surface area (Å²) in [6.07, 6.45) is 0.253. The van der Waals surface area contributed by atoms with Gasteiger partial charge in [-0.2, -0.15) is 13.1 Å². The SMILES string of the molecule is CC(C)(C)NS(=O)(=O)Nc1ccc(C#CCCO)c(F)c1. The number of nitrogens with one attached hydrogen (secondary N) is 2. The van der Waals surface area contributed by atoms with Gasteiger partial charge in [-0.15, -0.1) is 0 Å². The number of hydrogen-bond acceptors (Lipinski definition) is 3. The van der Waals surface area contributed by atoms with E-state index in [1.165, 1.54) is 12.1 Å². The van der Waals surface area contributed by atoms with Crippen LogP contribution in [0, 0.1) is 17.7 Å². The molecule has 0 aromatic heterocycles. The lowest BCUT2D eigenvalue weighted by Gasteiger charge is -2.20. The predicted octanol–water partition coefficient (Wildman–Crippen LogP) is 1.60. The maximum absolute atomic E-state index is 13.8. The quantitative estimate of drug-likeness (QED) is 0.739. The first kappa shape index (κ1) is 17.4. The molecule has 0 spiro atoms. The van der Waals surface area contributed by atoms with Crippen LogP contribution in [0.4, 0.5) is 10.1 Å². The van der Waals surface area contributed by atoms with Crippen molar-refractivity contribution in [2.45, 2.75) is 32.7 Å². The first-order valence-electron chi connectivity index (χ1n) is 6.34. The minimum Gasteiger partial charge on any atom is -0.395 e. The Morgan fingerprint density at radius 3 is 2.52 bits per heavy atom. The van der Waals surface area contributed by atoms with E-state index in [0.29, 0.717) is 0 Å². The van der Waals surface area contributed by atoms with Crippen molar-refractivity contribution in [3.05, 3.63) is 29.6 Å². The van der Waals surface area contributed by atoms with Gasteiger partial charge < -0.3 is 5.11 Å². The van der Waals surface area contributed by atoms with E-state index in [4.69, 9.17) is 5.11 Å². The van der Waals surface area contributed by atoms with Crippen molar-refractivity contribution in [2.75, 3.05) is 11.3 Å². The molecule has 21 heavy (non-hydrogen) atoms. The molecule has 0 unspecified atom stereocenters. The zero-order valence-corrected chi connectivity index (χ0v) is 13.0. The summed E-state index contributed by atoms with van der Waals surface area (Å²) in [4.78, 5) is 0. The molecule has 1 rings (SSSR count). The first-order valence-corrected chi connectivity index (χ1v) is 7.82. The van der Waals surface area contributed by atoms with Gasteiger partial charge in [-0.05, 0) is 39.0 Å². The molecule has 0 saturated heterocycles. The summed E-state index contributed by atoms with van der Waals surface area (Å²) >= 11 is 0. The summed E-state index contributed by atoms with van der Waals surface area (Å²) in [5.74, 6) is 4.54. The summed E-state index contributed by atoms with van der Waals surface area (Å²) in [6.45, 7) is 5.01. The average molecular weight is 314 g/mol. The molecule has 0 aliphatic heterocycles. The molecular weight excluding hydrogens is 295 g/mol. The standard InChI is InChI=1S/C14H19FN2O3S/c1-14(2,3)17-21(19,20)16-12-8-7-11(13(15)10-12)6-4-5-9-18/h7-8,10,16-18H,5,9H2,1-3H3. The molecule has 0 aliphatic carbocycles. The van der Waals surface area contributed by atoms with Gasteiger partial charge in [0.2, 0.25) is 0 Å². The smallest absolute Gasteiger partial charge is 0.299 e. The van der Waals surface area contributed by atoms with Gasteiger partial charge in [0.1, 0.15) is 5.82 Å². The highest BCUT2D eigenvalue weighted by Crippen LogP contribution is 2.15. The molecule has 0 fully saturated rings. The van der Waals surface area contributed by atoms with Gasteiger partial charge in [0.15, 0.2) is 0 Å². The summed E-state index contributed by atoms with van der Waals surface area (Å²) in [6, 6.07) is 3.87. The van der Waals surface area contributed by atoms with E-state index in [-0.39, 0.29) is 24.3 Å². The lowest BCUT2D eigenvalue weighted by atomic mass is 10.1. The predicted molar refractivity (Wildman–Crippen MR) is 80.4 cm³/mol. The molecule has 0 aliphatic rings. The molecule has 1 aromatic rings. The van der Waals surface area contributed by atoms with Gasteiger partial charge in [-0.25, -0.2) is 4.39 Å². The van der Waals surface area contributed by atoms with Crippen molar-refractivity contribution in [3.8, 4) is 11.8 Å². The highest BCUT2D eigenvalue weighted by atomic mass is 32.2. The van der Waals surface area contributed by atoms with Gasteiger partial charge in [-0.1, -0.05) is 11.8 Å². The second-order valence-corrected chi connectivity index (χ2v) is 6.84. The zero-order valence-electron chi connectivity index (χ0n) is 12.2. The molecule has 7 heteroatoms. The topological polar surface area (TPSA) is 78.4 Å². The number of hydrogen-bond donors (Lipinski definition) is 3. The summed E-state index contributed by atoms with van der Waals surface area (Å²) in [5.41, 5.74) is -0.382. The molecule has 0 saturated carbocycles. The Labute approximate surface area is 124 Å². The van der Waals surface area contributed by atoms with E-state index in [2.05, 4.69) is 21.3 Å². The van der Waals surface area contributed by atoms with Crippen LogP contribution in [-0.2, 0) is 10.2 Å². The molecule has 0 atom stereocenters. The van der Waals surface area contributed by atoms with Crippen LogP contribution in [0.1, 0.15) is 32.8 Å². The number of benzene rings is 1. The van der Waals surface area contributed by atoms with Crippen molar-refractivity contribution in [1.82, 2.24) is 4.72 Å². The van der Waals surface area contributed by atoms with Gasteiger partial charge in [0, 0.05) is 12.0 Å². The summed E-state index contributed by atoms with van der Waals surface area (Å²) in [5, 5.41) is 8.60. The Bertz CT molecular complexity index is 655. The second-order valence-electron chi connectivity index (χ2n) is 5.43. The minimum absolute atomic E-state index is 0.0923. The molecular formula is C14H19FN2O3S. The fraction of sp³-hybridized carbons (Fsp3) is 0.429. The van der Waals surface area contributed by atoms with Crippen molar-refractivity contribution in [3.63, 3.8) is 0 Å². The Morgan fingerprint density at radius 1 is 1.33 bits per heavy atom. The van der Waals surface area contributed by atoms with E-state index < -0.39 is 21.6 Å². The van der Waals surface area contributed by atoms with Gasteiger partial charge in [0.25, 0.3) is 10.2 Å². The van der Waals surface area contributed by atoms with Crippen LogP contribution in [-0.4, -0.2) is 25.7 Å². The third kappa shape index (κ3) is 6.58. The Balaban J connectivity index is 2.88. The van der Waals surface area contributed by atoms with Gasteiger partial charge >= 0.3 is 0 Å². The fourth-order valence-electron chi connectivity index (χ4n) is 1.48. The van der Waals surface area contributed by atoms with Crippen molar-refractivity contribution >= 4 is 15.9 Å². The van der Waals surface area contributed by atoms with Crippen LogP contribution < -0.4 is 9.44 Å². The third-order valence-corrected chi connectivity index (χ3v) is 3.51. The highest BCUT2D eigenvalue weighted by Gasteiger charge is 2.19. The normalized spacial score (nSPS) is 11.7. The van der Waals surface area contributed by atoms with Crippen LogP contribution in [0.3, 0.4) is 0 Å². The van der Waals surface area contributed by atoms with Crippen molar-refractivity contribution in [1.29, 1.82) is 0 Å². The fourth-order valence-corrected chi connectivity index (χ4v) is 2.77. The van der Waals surface area contributed by atoms with Crippen molar-refractivity contribution in [2.24, 2.45) is 0 Å². The molecule has 5 nitrogen and oxygen atoms in total. The molecule has 0 heterocycles. The molecule has 1 aromatic carbocycles. The van der Waals surface area contributed by atoms with Crippen LogP contribution in [0.25, 0.3) is 0 Å². The number of anilines is 1. The summed E-state index contributed by atoms with van der Waals surface area (Å²) in [7, 11) is -3.78. The third-order valence-electron chi connectivity index (χ3n) is 2.12. The summed E-state index contributed by atoms with van der Waals surface area (Å²) < 4.78 is 42.1. The lowest BCUT2D eigenvalue weighted by Crippen LogP contribution is -2.43. The van der Waals surface area contributed by atoms with Crippen LogP contribution in [0.5, 0.6) is 0 Å².